The van der Waals surface area contributed by atoms with Gasteiger partial charge in [-0.05, 0) is 85.0 Å². The molecule has 4 nitrogen and oxygen atoms in total. The van der Waals surface area contributed by atoms with Gasteiger partial charge in [0, 0.05) is 40.1 Å². The van der Waals surface area contributed by atoms with E-state index in [0.29, 0.717) is 0 Å². The molecule has 4 N–H and O–H groups in total. The first-order chi connectivity index (χ1) is 24.5. The van der Waals surface area contributed by atoms with Crippen molar-refractivity contribution in [3.8, 4) is 5.69 Å². The van der Waals surface area contributed by atoms with E-state index in [0.717, 1.165) is 46.6 Å². The minimum atomic E-state index is -0.0467. The van der Waals surface area contributed by atoms with Crippen molar-refractivity contribution in [2.75, 3.05) is 10.6 Å². The van der Waals surface area contributed by atoms with E-state index in [4.69, 9.17) is 11.5 Å². The Bertz CT molecular complexity index is 2140. The van der Waals surface area contributed by atoms with Crippen LogP contribution in [0.5, 0.6) is 0 Å². The number of fused-ring (bicyclic) bond motifs is 4. The summed E-state index contributed by atoms with van der Waals surface area (Å²) in [6.07, 6.45) is 20.3. The van der Waals surface area contributed by atoms with Crippen LogP contribution in [0, 0.1) is 6.92 Å². The van der Waals surface area contributed by atoms with E-state index in [1.165, 1.54) is 33.1 Å². The molecule has 0 spiro atoms. The van der Waals surface area contributed by atoms with Crippen LogP contribution in [0.15, 0.2) is 153 Å². The van der Waals surface area contributed by atoms with E-state index in [2.05, 4.69) is 133 Å². The number of aromatic nitrogens is 1. The van der Waals surface area contributed by atoms with Gasteiger partial charge in [-0.2, -0.15) is 0 Å². The fourth-order valence-corrected chi connectivity index (χ4v) is 6.24. The maximum absolute atomic E-state index is 6.04. The predicted molar refractivity (Wildman–Crippen MR) is 218 cm³/mol. The fourth-order valence-electron chi connectivity index (χ4n) is 6.24. The van der Waals surface area contributed by atoms with Crippen molar-refractivity contribution in [3.05, 3.63) is 191 Å². The highest BCUT2D eigenvalue weighted by Crippen LogP contribution is 2.34. The van der Waals surface area contributed by atoms with Gasteiger partial charge in [-0.25, -0.2) is 0 Å². The molecule has 0 saturated carbocycles. The Kier molecular flexibility index (Phi) is 12.1. The van der Waals surface area contributed by atoms with Crippen molar-refractivity contribution in [3.63, 3.8) is 0 Å². The first kappa shape index (κ1) is 35.5. The third kappa shape index (κ3) is 7.89. The Morgan fingerprint density at radius 3 is 2.26 bits per heavy atom. The molecule has 1 aliphatic carbocycles. The summed E-state index contributed by atoms with van der Waals surface area (Å²) in [4.78, 5) is 2.31. The van der Waals surface area contributed by atoms with E-state index >= 15 is 0 Å². The van der Waals surface area contributed by atoms with Crippen LogP contribution in [-0.4, -0.2) is 4.57 Å². The van der Waals surface area contributed by atoms with Crippen molar-refractivity contribution in [1.29, 1.82) is 0 Å². The first-order valence-electron chi connectivity index (χ1n) is 17.3. The number of aryl methyl sites for hydroxylation is 1. The molecule has 5 aromatic rings. The molecule has 0 fully saturated rings. The van der Waals surface area contributed by atoms with E-state index in [1.807, 2.05) is 62.4 Å². The third-order valence-electron chi connectivity index (χ3n) is 8.68. The summed E-state index contributed by atoms with van der Waals surface area (Å²) in [6.45, 7) is 14.2. The quantitative estimate of drug-likeness (QED) is 0.135. The average Bonchev–Trinajstić information content (AvgIpc) is 3.73. The lowest BCUT2D eigenvalue weighted by atomic mass is 10.0. The van der Waals surface area contributed by atoms with E-state index in [1.54, 1.807) is 6.08 Å². The highest BCUT2D eigenvalue weighted by Gasteiger charge is 2.21. The first-order valence-corrected chi connectivity index (χ1v) is 17.3. The van der Waals surface area contributed by atoms with Crippen molar-refractivity contribution >= 4 is 41.0 Å². The Morgan fingerprint density at radius 2 is 1.52 bits per heavy atom. The molecule has 1 atom stereocenters. The molecule has 2 heterocycles. The second kappa shape index (κ2) is 17.0. The lowest BCUT2D eigenvalue weighted by Crippen LogP contribution is -2.34. The Labute approximate surface area is 297 Å². The second-order valence-corrected chi connectivity index (χ2v) is 12.0. The molecular formula is C46H48N4. The van der Waals surface area contributed by atoms with Crippen LogP contribution in [0.2, 0.25) is 0 Å². The summed E-state index contributed by atoms with van der Waals surface area (Å²) < 4.78 is 2.38. The number of benzene rings is 4. The molecule has 2 aliphatic rings. The largest absolute Gasteiger partial charge is 0.398 e. The van der Waals surface area contributed by atoms with Crippen LogP contribution in [0.3, 0.4) is 0 Å². The van der Waals surface area contributed by atoms with Gasteiger partial charge in [-0.15, -0.1) is 0 Å². The molecule has 4 heteroatoms. The highest BCUT2D eigenvalue weighted by atomic mass is 15.1. The van der Waals surface area contributed by atoms with Crippen LogP contribution in [0.1, 0.15) is 54.3 Å². The molecular weight excluding hydrogens is 609 g/mol. The highest BCUT2D eigenvalue weighted by molar-refractivity contribution is 5.96. The van der Waals surface area contributed by atoms with Gasteiger partial charge in [-0.3, -0.25) is 0 Å². The van der Waals surface area contributed by atoms with Crippen molar-refractivity contribution < 1.29 is 0 Å². The van der Waals surface area contributed by atoms with Gasteiger partial charge in [0.1, 0.15) is 0 Å². The minimum absolute atomic E-state index is 0.0467. The van der Waals surface area contributed by atoms with Gasteiger partial charge in [0.25, 0.3) is 0 Å². The number of para-hydroxylation sites is 3. The summed E-state index contributed by atoms with van der Waals surface area (Å²) in [7, 11) is 0. The maximum Gasteiger partial charge on any atom is 0.0704 e. The van der Waals surface area contributed by atoms with Gasteiger partial charge in [0.05, 0.1) is 16.7 Å². The van der Waals surface area contributed by atoms with Gasteiger partial charge >= 0.3 is 0 Å². The third-order valence-corrected chi connectivity index (χ3v) is 8.68. The zero-order valence-corrected chi connectivity index (χ0v) is 29.5. The minimum Gasteiger partial charge on any atom is -0.398 e. The smallest absolute Gasteiger partial charge is 0.0704 e. The average molecular weight is 657 g/mol. The SMILES string of the molecule is C=C/C=C\C=C/CC(N)c1ccccc1N.C=C1/C=c2/c3c(n(-c4ccccc4)/c2=C/N(c2ccc(C)cc2)c2ccccc21)C=CC3.CC. The number of nitrogens with zero attached hydrogens (tertiary/aromatic N) is 2. The molecule has 7 rings (SSSR count). The molecule has 1 aliphatic heterocycles. The van der Waals surface area contributed by atoms with Gasteiger partial charge < -0.3 is 20.9 Å². The molecule has 4 aromatic carbocycles. The lowest BCUT2D eigenvalue weighted by Gasteiger charge is -2.25. The number of nitrogens with two attached hydrogens (primary N) is 2. The molecule has 0 bridgehead atoms. The van der Waals surface area contributed by atoms with Crippen molar-refractivity contribution in [1.82, 2.24) is 4.57 Å². The molecule has 0 amide bonds. The van der Waals surface area contributed by atoms with Gasteiger partial charge in [0.15, 0.2) is 0 Å². The zero-order valence-electron chi connectivity index (χ0n) is 29.5. The summed E-state index contributed by atoms with van der Waals surface area (Å²) in [6, 6.07) is 35.6. The van der Waals surface area contributed by atoms with E-state index < -0.39 is 0 Å². The van der Waals surface area contributed by atoms with Crippen molar-refractivity contribution in [2.24, 2.45) is 5.73 Å². The number of nitrogen functional groups attached to an aromatic ring is 1. The summed E-state index contributed by atoms with van der Waals surface area (Å²) in [5.74, 6) is 0. The molecule has 50 heavy (non-hydrogen) atoms. The summed E-state index contributed by atoms with van der Waals surface area (Å²) in [5, 5.41) is 2.44. The maximum atomic E-state index is 6.04. The monoisotopic (exact) mass is 656 g/mol. The Balaban J connectivity index is 0.000000229. The van der Waals surface area contributed by atoms with Gasteiger partial charge in [0.2, 0.25) is 0 Å². The second-order valence-electron chi connectivity index (χ2n) is 12.0. The number of allylic oxidation sites excluding steroid dienone is 6. The summed E-state index contributed by atoms with van der Waals surface area (Å²) in [5.41, 5.74) is 23.1. The van der Waals surface area contributed by atoms with E-state index in [9.17, 15) is 0 Å². The number of rotatable bonds is 7. The molecule has 1 unspecified atom stereocenters. The van der Waals surface area contributed by atoms with Crippen LogP contribution < -0.4 is 26.9 Å². The Hall–Kier alpha value is -5.84. The lowest BCUT2D eigenvalue weighted by molar-refractivity contribution is 0.743. The number of anilines is 3. The van der Waals surface area contributed by atoms with Crippen molar-refractivity contribution in [2.45, 2.75) is 39.7 Å². The molecule has 0 saturated heterocycles. The molecule has 252 valence electrons. The fraction of sp³-hybridized carbons (Fsp3) is 0.130. The standard InChI is InChI=1S/C30H24N2.C14H18N2.C2H6/c1-21-15-17-23(18-16-21)31-20-30-27(19-22(2)25-11-6-7-13-28(25)31)26-12-8-14-29(26)32(30)24-9-4-3-5-10-24;1-2-3-4-5-6-10-13(15)12-9-7-8-11-14(12)16;1-2/h3-11,13-20H,2,12H2,1H3;2-9,11,13H,1,10,15-16H2;1-2H3/b27-19-,30-20+;4-3-,6-5-;. The Morgan fingerprint density at radius 1 is 0.820 bits per heavy atom. The van der Waals surface area contributed by atoms with Crippen LogP contribution >= 0.6 is 0 Å². The number of hydrogen-bond acceptors (Lipinski definition) is 3. The topological polar surface area (TPSA) is 60.2 Å². The normalized spacial score (nSPS) is 14.7. The van der Waals surface area contributed by atoms with E-state index in [-0.39, 0.29) is 6.04 Å². The molecule has 1 aromatic heterocycles. The summed E-state index contributed by atoms with van der Waals surface area (Å²) >= 11 is 0. The van der Waals surface area contributed by atoms with Gasteiger partial charge in [-0.1, -0.05) is 136 Å². The van der Waals surface area contributed by atoms with Crippen LogP contribution in [-0.2, 0) is 6.42 Å². The van der Waals surface area contributed by atoms with Crippen LogP contribution in [0.4, 0.5) is 17.1 Å². The van der Waals surface area contributed by atoms with Crippen LogP contribution in [0.25, 0.3) is 29.6 Å². The molecule has 0 radical (unpaired) electrons. The number of hydrogen-bond donors (Lipinski definition) is 2. The predicted octanol–water partition coefficient (Wildman–Crippen LogP) is 9.72. The zero-order chi connectivity index (χ0) is 35.5.